The van der Waals surface area contributed by atoms with Gasteiger partial charge in [0.15, 0.2) is 0 Å². The summed E-state index contributed by atoms with van der Waals surface area (Å²) in [5.41, 5.74) is 8.48. The lowest BCUT2D eigenvalue weighted by atomic mass is 10.1. The van der Waals surface area contributed by atoms with E-state index in [1.807, 2.05) is 32.0 Å². The first kappa shape index (κ1) is 14.9. The minimum Gasteiger partial charge on any atom is -0.491 e. The summed E-state index contributed by atoms with van der Waals surface area (Å²) in [5.74, 6) is 0.443. The molecule has 0 aliphatic rings. The fourth-order valence-electron chi connectivity index (χ4n) is 1.96. The van der Waals surface area contributed by atoms with Crippen molar-refractivity contribution in [3.05, 3.63) is 53.6 Å². The molecule has 2 rings (SSSR count). The number of ether oxygens (including phenoxy) is 1. The van der Waals surface area contributed by atoms with Crippen LogP contribution in [0.3, 0.4) is 0 Å². The van der Waals surface area contributed by atoms with Gasteiger partial charge in [-0.3, -0.25) is 4.79 Å². The quantitative estimate of drug-likeness (QED) is 0.824. The predicted molar refractivity (Wildman–Crippen MR) is 85.8 cm³/mol. The lowest BCUT2D eigenvalue weighted by Crippen LogP contribution is -2.15. The average Bonchev–Trinajstić information content (AvgIpc) is 2.47. The van der Waals surface area contributed by atoms with Gasteiger partial charge in [-0.25, -0.2) is 0 Å². The van der Waals surface area contributed by atoms with E-state index in [9.17, 15) is 4.79 Å². The van der Waals surface area contributed by atoms with Gasteiger partial charge in [0, 0.05) is 5.69 Å². The topological polar surface area (TPSA) is 64.3 Å². The van der Waals surface area contributed by atoms with Crippen LogP contribution in [0, 0.1) is 6.92 Å². The van der Waals surface area contributed by atoms with Crippen molar-refractivity contribution in [2.75, 3.05) is 17.7 Å². The van der Waals surface area contributed by atoms with E-state index in [4.69, 9.17) is 10.5 Å². The number of benzene rings is 2. The highest BCUT2D eigenvalue weighted by Crippen LogP contribution is 2.27. The molecule has 0 saturated carbocycles. The molecule has 21 heavy (non-hydrogen) atoms. The standard InChI is InChI=1S/C17H20N2O2/c1-3-10-21-16-11-12(2)8-9-15(16)19-17(20)13-6-4-5-7-14(13)18/h4-9,11H,3,10,18H2,1-2H3,(H,19,20). The Morgan fingerprint density at radius 3 is 2.71 bits per heavy atom. The highest BCUT2D eigenvalue weighted by molar-refractivity contribution is 6.08. The molecule has 0 aliphatic carbocycles. The number of nitrogen functional groups attached to an aromatic ring is 1. The summed E-state index contributed by atoms with van der Waals surface area (Å²) in [6.45, 7) is 4.64. The van der Waals surface area contributed by atoms with E-state index < -0.39 is 0 Å². The van der Waals surface area contributed by atoms with Crippen LogP contribution in [0.25, 0.3) is 0 Å². The van der Waals surface area contributed by atoms with Crippen LogP contribution in [0.15, 0.2) is 42.5 Å². The summed E-state index contributed by atoms with van der Waals surface area (Å²) < 4.78 is 5.69. The second-order valence-corrected chi connectivity index (χ2v) is 4.89. The molecule has 2 aromatic carbocycles. The minimum atomic E-state index is -0.238. The SMILES string of the molecule is CCCOc1cc(C)ccc1NC(=O)c1ccccc1N. The van der Waals surface area contributed by atoms with Gasteiger partial charge in [0.05, 0.1) is 17.9 Å². The number of anilines is 2. The molecule has 0 bridgehead atoms. The Morgan fingerprint density at radius 1 is 1.24 bits per heavy atom. The molecule has 2 aromatic rings. The zero-order chi connectivity index (χ0) is 15.2. The second-order valence-electron chi connectivity index (χ2n) is 4.89. The highest BCUT2D eigenvalue weighted by atomic mass is 16.5. The molecular formula is C17H20N2O2. The molecule has 110 valence electrons. The Labute approximate surface area is 124 Å². The summed E-state index contributed by atoms with van der Waals surface area (Å²) >= 11 is 0. The molecule has 0 heterocycles. The van der Waals surface area contributed by atoms with E-state index in [1.165, 1.54) is 0 Å². The van der Waals surface area contributed by atoms with Crippen LogP contribution >= 0.6 is 0 Å². The maximum Gasteiger partial charge on any atom is 0.257 e. The van der Waals surface area contributed by atoms with Crippen molar-refractivity contribution in [2.24, 2.45) is 0 Å². The third-order valence-electron chi connectivity index (χ3n) is 3.05. The number of hydrogen-bond donors (Lipinski definition) is 2. The van der Waals surface area contributed by atoms with E-state index in [2.05, 4.69) is 5.32 Å². The molecule has 4 nitrogen and oxygen atoms in total. The van der Waals surface area contributed by atoms with Crippen LogP contribution < -0.4 is 15.8 Å². The third-order valence-corrected chi connectivity index (χ3v) is 3.05. The number of para-hydroxylation sites is 1. The Balaban J connectivity index is 2.23. The highest BCUT2D eigenvalue weighted by Gasteiger charge is 2.12. The van der Waals surface area contributed by atoms with Gasteiger partial charge in [0.1, 0.15) is 5.75 Å². The van der Waals surface area contributed by atoms with Gasteiger partial charge in [0.25, 0.3) is 5.91 Å². The molecule has 0 radical (unpaired) electrons. The van der Waals surface area contributed by atoms with Crippen molar-refractivity contribution in [3.63, 3.8) is 0 Å². The molecule has 0 atom stereocenters. The van der Waals surface area contributed by atoms with Gasteiger partial charge in [-0.1, -0.05) is 25.1 Å². The summed E-state index contributed by atoms with van der Waals surface area (Å²) in [6.07, 6.45) is 0.910. The fraction of sp³-hybridized carbons (Fsp3) is 0.235. The maximum atomic E-state index is 12.3. The van der Waals surface area contributed by atoms with Crippen molar-refractivity contribution in [3.8, 4) is 5.75 Å². The zero-order valence-electron chi connectivity index (χ0n) is 12.3. The van der Waals surface area contributed by atoms with Crippen molar-refractivity contribution in [1.29, 1.82) is 0 Å². The van der Waals surface area contributed by atoms with Crippen LogP contribution in [-0.4, -0.2) is 12.5 Å². The third kappa shape index (κ3) is 3.75. The molecular weight excluding hydrogens is 264 g/mol. The largest absolute Gasteiger partial charge is 0.491 e. The summed E-state index contributed by atoms with van der Waals surface area (Å²) in [4.78, 5) is 12.3. The van der Waals surface area contributed by atoms with Gasteiger partial charge < -0.3 is 15.8 Å². The number of aryl methyl sites for hydroxylation is 1. The maximum absolute atomic E-state index is 12.3. The van der Waals surface area contributed by atoms with Gasteiger partial charge in [0.2, 0.25) is 0 Å². The Bertz CT molecular complexity index is 638. The Kier molecular flexibility index (Phi) is 4.82. The number of rotatable bonds is 5. The van der Waals surface area contributed by atoms with E-state index in [1.54, 1.807) is 24.3 Å². The van der Waals surface area contributed by atoms with Gasteiger partial charge >= 0.3 is 0 Å². The van der Waals surface area contributed by atoms with E-state index in [0.717, 1.165) is 12.0 Å². The monoisotopic (exact) mass is 284 g/mol. The molecule has 1 amide bonds. The first-order chi connectivity index (χ1) is 10.1. The summed E-state index contributed by atoms with van der Waals surface area (Å²) in [7, 11) is 0. The second kappa shape index (κ2) is 6.79. The van der Waals surface area contributed by atoms with E-state index >= 15 is 0 Å². The van der Waals surface area contributed by atoms with Crippen molar-refractivity contribution in [2.45, 2.75) is 20.3 Å². The Morgan fingerprint density at radius 2 is 2.00 bits per heavy atom. The van der Waals surface area contributed by atoms with Crippen LogP contribution in [0.4, 0.5) is 11.4 Å². The number of nitrogens with two attached hydrogens (primary N) is 1. The summed E-state index contributed by atoms with van der Waals surface area (Å²) in [5, 5.41) is 2.86. The first-order valence-electron chi connectivity index (χ1n) is 7.01. The van der Waals surface area contributed by atoms with Crippen LogP contribution in [0.1, 0.15) is 29.3 Å². The van der Waals surface area contributed by atoms with Crippen LogP contribution in [-0.2, 0) is 0 Å². The van der Waals surface area contributed by atoms with E-state index in [-0.39, 0.29) is 5.91 Å². The average molecular weight is 284 g/mol. The molecule has 0 fully saturated rings. The van der Waals surface area contributed by atoms with Crippen molar-refractivity contribution in [1.82, 2.24) is 0 Å². The molecule has 0 saturated heterocycles. The number of carbonyl (C=O) groups is 1. The molecule has 0 aliphatic heterocycles. The van der Waals surface area contributed by atoms with Crippen LogP contribution in [0.2, 0.25) is 0 Å². The molecule has 4 heteroatoms. The first-order valence-corrected chi connectivity index (χ1v) is 7.01. The molecule has 0 spiro atoms. The number of nitrogens with one attached hydrogen (secondary N) is 1. The minimum absolute atomic E-state index is 0.238. The zero-order valence-corrected chi connectivity index (χ0v) is 12.3. The van der Waals surface area contributed by atoms with Gasteiger partial charge in [-0.15, -0.1) is 0 Å². The van der Waals surface area contributed by atoms with Crippen molar-refractivity contribution >= 4 is 17.3 Å². The van der Waals surface area contributed by atoms with Gasteiger partial charge in [-0.05, 0) is 43.2 Å². The molecule has 3 N–H and O–H groups in total. The Hall–Kier alpha value is -2.49. The summed E-state index contributed by atoms with van der Waals surface area (Å²) in [6, 6.07) is 12.7. The van der Waals surface area contributed by atoms with E-state index in [0.29, 0.717) is 29.3 Å². The predicted octanol–water partition coefficient (Wildman–Crippen LogP) is 3.62. The number of amides is 1. The van der Waals surface area contributed by atoms with Crippen molar-refractivity contribution < 1.29 is 9.53 Å². The molecule has 0 unspecified atom stereocenters. The normalized spacial score (nSPS) is 10.2. The lowest BCUT2D eigenvalue weighted by Gasteiger charge is -2.13. The van der Waals surface area contributed by atoms with Crippen LogP contribution in [0.5, 0.6) is 5.75 Å². The smallest absolute Gasteiger partial charge is 0.257 e. The lowest BCUT2D eigenvalue weighted by molar-refractivity contribution is 0.102. The number of carbonyl (C=O) groups excluding carboxylic acids is 1. The fourth-order valence-corrected chi connectivity index (χ4v) is 1.96. The van der Waals surface area contributed by atoms with Gasteiger partial charge in [-0.2, -0.15) is 0 Å². The molecule has 0 aromatic heterocycles. The number of hydrogen-bond acceptors (Lipinski definition) is 3.